The molecule has 0 amide bonds. The van der Waals surface area contributed by atoms with Gasteiger partial charge in [0.25, 0.3) is 5.69 Å². The first-order chi connectivity index (χ1) is 9.40. The Morgan fingerprint density at radius 1 is 1.35 bits per heavy atom. The van der Waals surface area contributed by atoms with Crippen LogP contribution in [0.3, 0.4) is 0 Å². The fourth-order valence-electron chi connectivity index (χ4n) is 1.97. The summed E-state index contributed by atoms with van der Waals surface area (Å²) in [5.41, 5.74) is 1.06. The average Bonchev–Trinajstić information content (AvgIpc) is 2.41. The summed E-state index contributed by atoms with van der Waals surface area (Å²) in [6.45, 7) is 1.61. The number of aryl methyl sites for hydroxylation is 1. The minimum atomic E-state index is -1.34. The summed E-state index contributed by atoms with van der Waals surface area (Å²) in [5, 5.41) is 42.3. The van der Waals surface area contributed by atoms with E-state index in [1.165, 1.54) is 12.1 Å². The van der Waals surface area contributed by atoms with Crippen LogP contribution in [-0.2, 0) is 4.74 Å². The SMILES string of the molecule is Cc1ccc([N+](=O)[O-])cc1N[C@H]1OC[C@@H](O)[C@@H](O)[C@H]1O. The zero-order valence-corrected chi connectivity index (χ0v) is 10.8. The third-order valence-electron chi connectivity index (χ3n) is 3.23. The monoisotopic (exact) mass is 284 g/mol. The highest BCUT2D eigenvalue weighted by Gasteiger charge is 2.37. The maximum atomic E-state index is 10.7. The molecule has 1 aliphatic rings. The first-order valence-corrected chi connectivity index (χ1v) is 6.07. The molecule has 0 bridgehead atoms. The fraction of sp³-hybridized carbons (Fsp3) is 0.500. The van der Waals surface area contributed by atoms with Crippen LogP contribution in [0, 0.1) is 17.0 Å². The summed E-state index contributed by atoms with van der Waals surface area (Å²) >= 11 is 0. The van der Waals surface area contributed by atoms with Gasteiger partial charge in [0.2, 0.25) is 0 Å². The van der Waals surface area contributed by atoms with Crippen molar-refractivity contribution in [1.29, 1.82) is 0 Å². The number of rotatable bonds is 3. The van der Waals surface area contributed by atoms with Crippen molar-refractivity contribution in [2.45, 2.75) is 31.5 Å². The molecule has 1 aliphatic heterocycles. The molecule has 2 rings (SSSR count). The topological polar surface area (TPSA) is 125 Å². The van der Waals surface area contributed by atoms with Crippen molar-refractivity contribution < 1.29 is 25.0 Å². The van der Waals surface area contributed by atoms with Crippen LogP contribution in [0.2, 0.25) is 0 Å². The lowest BCUT2D eigenvalue weighted by atomic mass is 10.0. The lowest BCUT2D eigenvalue weighted by Crippen LogP contribution is -2.55. The van der Waals surface area contributed by atoms with E-state index in [4.69, 9.17) is 4.74 Å². The second-order valence-corrected chi connectivity index (χ2v) is 4.70. The second kappa shape index (κ2) is 5.71. The lowest BCUT2D eigenvalue weighted by molar-refractivity contribution is -0.384. The van der Waals surface area contributed by atoms with Crippen molar-refractivity contribution in [1.82, 2.24) is 0 Å². The van der Waals surface area contributed by atoms with Crippen molar-refractivity contribution in [3.8, 4) is 0 Å². The van der Waals surface area contributed by atoms with Crippen molar-refractivity contribution in [2.24, 2.45) is 0 Å². The number of aliphatic hydroxyl groups is 3. The average molecular weight is 284 g/mol. The highest BCUT2D eigenvalue weighted by Crippen LogP contribution is 2.25. The number of benzene rings is 1. The van der Waals surface area contributed by atoms with Gasteiger partial charge >= 0.3 is 0 Å². The summed E-state index contributed by atoms with van der Waals surface area (Å²) in [5.74, 6) is 0. The summed E-state index contributed by atoms with van der Waals surface area (Å²) in [7, 11) is 0. The van der Waals surface area contributed by atoms with E-state index in [0.29, 0.717) is 5.69 Å². The lowest BCUT2D eigenvalue weighted by Gasteiger charge is -2.36. The quantitative estimate of drug-likeness (QED) is 0.445. The molecular weight excluding hydrogens is 268 g/mol. The Hall–Kier alpha value is -1.74. The Balaban J connectivity index is 2.17. The summed E-state index contributed by atoms with van der Waals surface area (Å²) in [6, 6.07) is 4.26. The van der Waals surface area contributed by atoms with Gasteiger partial charge in [-0.3, -0.25) is 10.1 Å². The number of ether oxygens (including phenoxy) is 1. The van der Waals surface area contributed by atoms with Crippen molar-refractivity contribution >= 4 is 11.4 Å². The summed E-state index contributed by atoms with van der Waals surface area (Å²) < 4.78 is 5.19. The minimum Gasteiger partial charge on any atom is -0.388 e. The van der Waals surface area contributed by atoms with Crippen LogP contribution in [0.4, 0.5) is 11.4 Å². The number of non-ortho nitro benzene ring substituents is 1. The predicted molar refractivity (Wildman–Crippen MR) is 69.2 cm³/mol. The normalized spacial score (nSPS) is 30.0. The Morgan fingerprint density at radius 2 is 2.05 bits per heavy atom. The number of nitro benzene ring substituents is 1. The van der Waals surface area contributed by atoms with Gasteiger partial charge in [0.15, 0.2) is 6.23 Å². The molecule has 1 fully saturated rings. The third kappa shape index (κ3) is 2.88. The predicted octanol–water partition coefficient (Wildman–Crippen LogP) is -0.246. The Labute approximate surface area is 114 Å². The number of nitrogens with one attached hydrogen (secondary N) is 1. The van der Waals surface area contributed by atoms with Gasteiger partial charge in [-0.25, -0.2) is 0 Å². The summed E-state index contributed by atoms with van der Waals surface area (Å²) in [4.78, 5) is 10.2. The maximum Gasteiger partial charge on any atom is 0.271 e. The van der Waals surface area contributed by atoms with E-state index in [1.54, 1.807) is 13.0 Å². The van der Waals surface area contributed by atoms with E-state index in [0.717, 1.165) is 5.56 Å². The van der Waals surface area contributed by atoms with Gasteiger partial charge in [0.1, 0.15) is 18.3 Å². The van der Waals surface area contributed by atoms with Crippen molar-refractivity contribution in [3.05, 3.63) is 33.9 Å². The molecule has 0 radical (unpaired) electrons. The molecule has 1 heterocycles. The highest BCUT2D eigenvalue weighted by molar-refractivity contribution is 5.57. The van der Waals surface area contributed by atoms with Gasteiger partial charge in [-0.15, -0.1) is 0 Å². The number of hydrogen-bond donors (Lipinski definition) is 4. The molecule has 0 saturated carbocycles. The molecule has 1 aromatic carbocycles. The zero-order valence-electron chi connectivity index (χ0n) is 10.8. The highest BCUT2D eigenvalue weighted by atomic mass is 16.6. The molecular formula is C12H16N2O6. The van der Waals surface area contributed by atoms with Crippen molar-refractivity contribution in [3.63, 3.8) is 0 Å². The van der Waals surface area contributed by atoms with E-state index >= 15 is 0 Å². The van der Waals surface area contributed by atoms with Crippen LogP contribution < -0.4 is 5.32 Å². The standard InChI is InChI=1S/C12H16N2O6/c1-6-2-3-7(14(18)19)4-8(6)13-12-11(17)10(16)9(15)5-20-12/h2-4,9-13,15-17H,5H2,1H3/t9-,10-,11-,12+/m1/s1. The van der Waals surface area contributed by atoms with Crippen LogP contribution in [0.1, 0.15) is 5.56 Å². The molecule has 0 spiro atoms. The van der Waals surface area contributed by atoms with Crippen molar-refractivity contribution in [2.75, 3.05) is 11.9 Å². The smallest absolute Gasteiger partial charge is 0.271 e. The van der Waals surface area contributed by atoms with Crippen LogP contribution in [-0.4, -0.2) is 51.4 Å². The molecule has 0 aliphatic carbocycles. The Kier molecular flexibility index (Phi) is 4.19. The molecule has 20 heavy (non-hydrogen) atoms. The van der Waals surface area contributed by atoms with E-state index in [2.05, 4.69) is 5.32 Å². The van der Waals surface area contributed by atoms with Gasteiger partial charge in [-0.1, -0.05) is 6.07 Å². The molecule has 110 valence electrons. The van der Waals surface area contributed by atoms with Crippen LogP contribution in [0.15, 0.2) is 18.2 Å². The van der Waals surface area contributed by atoms with Gasteiger partial charge in [0, 0.05) is 17.8 Å². The molecule has 1 aromatic rings. The Morgan fingerprint density at radius 3 is 2.70 bits per heavy atom. The molecule has 4 atom stereocenters. The Bertz CT molecular complexity index is 509. The number of anilines is 1. The van der Waals surface area contributed by atoms with Crippen LogP contribution in [0.5, 0.6) is 0 Å². The zero-order chi connectivity index (χ0) is 14.9. The fourth-order valence-corrected chi connectivity index (χ4v) is 1.97. The van der Waals surface area contributed by atoms with Gasteiger partial charge in [0.05, 0.1) is 11.5 Å². The molecule has 0 unspecified atom stereocenters. The first kappa shape index (κ1) is 14.7. The molecule has 8 heteroatoms. The largest absolute Gasteiger partial charge is 0.388 e. The van der Waals surface area contributed by atoms with Crippen LogP contribution in [0.25, 0.3) is 0 Å². The van der Waals surface area contributed by atoms with Gasteiger partial charge in [-0.2, -0.15) is 0 Å². The molecule has 8 nitrogen and oxygen atoms in total. The summed E-state index contributed by atoms with van der Waals surface area (Å²) in [6.07, 6.45) is -4.78. The van der Waals surface area contributed by atoms with Gasteiger partial charge < -0.3 is 25.4 Å². The van der Waals surface area contributed by atoms with E-state index < -0.39 is 29.5 Å². The van der Waals surface area contributed by atoms with E-state index in [9.17, 15) is 25.4 Å². The minimum absolute atomic E-state index is 0.0935. The third-order valence-corrected chi connectivity index (χ3v) is 3.23. The number of nitrogens with zero attached hydrogens (tertiary/aromatic N) is 1. The van der Waals surface area contributed by atoms with Gasteiger partial charge in [-0.05, 0) is 12.5 Å². The maximum absolute atomic E-state index is 10.7. The number of aliphatic hydroxyl groups excluding tert-OH is 3. The second-order valence-electron chi connectivity index (χ2n) is 4.70. The molecule has 1 saturated heterocycles. The number of nitro groups is 1. The number of hydrogen-bond acceptors (Lipinski definition) is 7. The molecule has 0 aromatic heterocycles. The molecule has 4 N–H and O–H groups in total. The van der Waals surface area contributed by atoms with E-state index in [1.807, 2.05) is 0 Å². The first-order valence-electron chi connectivity index (χ1n) is 6.07. The van der Waals surface area contributed by atoms with Crippen LogP contribution >= 0.6 is 0 Å². The van der Waals surface area contributed by atoms with E-state index in [-0.39, 0.29) is 12.3 Å².